The predicted molar refractivity (Wildman–Crippen MR) is 64.9 cm³/mol. The highest BCUT2D eigenvalue weighted by molar-refractivity contribution is 8.00. The van der Waals surface area contributed by atoms with Crippen LogP contribution in [0.25, 0.3) is 0 Å². The standard InChI is InChI=1S/C10H21N3S/c1-8(2)12-9(11)13-5-6-14-10(3,4)7-13/h8H,5-7H2,1-4H3,(H2,11,12). The molecule has 0 spiro atoms. The molecule has 1 rings (SSSR count). The van der Waals surface area contributed by atoms with Crippen LogP contribution in [0.3, 0.4) is 0 Å². The lowest BCUT2D eigenvalue weighted by Crippen LogP contribution is -2.49. The number of nitrogens with zero attached hydrogens (tertiary/aromatic N) is 2. The average molecular weight is 215 g/mol. The second kappa shape index (κ2) is 4.43. The zero-order valence-electron chi connectivity index (χ0n) is 9.58. The number of hydrogen-bond acceptors (Lipinski definition) is 2. The minimum atomic E-state index is 0.285. The van der Waals surface area contributed by atoms with Crippen LogP contribution >= 0.6 is 11.8 Å². The first-order valence-corrected chi connectivity index (χ1v) is 6.11. The first-order chi connectivity index (χ1) is 6.41. The van der Waals surface area contributed by atoms with Crippen molar-refractivity contribution in [2.75, 3.05) is 18.8 Å². The number of thioether (sulfide) groups is 1. The summed E-state index contributed by atoms with van der Waals surface area (Å²) in [5, 5.41) is 0. The molecule has 0 aromatic heterocycles. The van der Waals surface area contributed by atoms with Gasteiger partial charge in [-0.1, -0.05) is 0 Å². The SMILES string of the molecule is CC(C)N=C(N)N1CCSC(C)(C)C1. The molecule has 0 unspecified atom stereocenters. The molecular formula is C10H21N3S. The Labute approximate surface area is 91.1 Å². The number of nitrogens with two attached hydrogens (primary N) is 1. The van der Waals surface area contributed by atoms with Gasteiger partial charge in [-0.3, -0.25) is 4.99 Å². The van der Waals surface area contributed by atoms with Crippen LogP contribution in [0.1, 0.15) is 27.7 Å². The summed E-state index contributed by atoms with van der Waals surface area (Å²) >= 11 is 2.01. The van der Waals surface area contributed by atoms with Gasteiger partial charge in [-0.15, -0.1) is 0 Å². The van der Waals surface area contributed by atoms with E-state index in [1.54, 1.807) is 0 Å². The van der Waals surface area contributed by atoms with E-state index < -0.39 is 0 Å². The van der Waals surface area contributed by atoms with Crippen molar-refractivity contribution in [3.63, 3.8) is 0 Å². The maximum absolute atomic E-state index is 5.94. The van der Waals surface area contributed by atoms with Crippen molar-refractivity contribution in [1.29, 1.82) is 0 Å². The van der Waals surface area contributed by atoms with E-state index in [0.29, 0.717) is 10.7 Å². The normalized spacial score (nSPS) is 22.9. The summed E-state index contributed by atoms with van der Waals surface area (Å²) in [6, 6.07) is 0.285. The predicted octanol–water partition coefficient (Wildman–Crippen LogP) is 1.54. The Hall–Kier alpha value is -0.380. The molecule has 1 heterocycles. The Morgan fingerprint density at radius 1 is 1.50 bits per heavy atom. The smallest absolute Gasteiger partial charge is 0.191 e. The molecule has 4 heteroatoms. The molecule has 0 atom stereocenters. The summed E-state index contributed by atoms with van der Waals surface area (Å²) < 4.78 is 0.301. The molecule has 0 aliphatic carbocycles. The first kappa shape index (κ1) is 11.7. The molecule has 1 fully saturated rings. The molecule has 14 heavy (non-hydrogen) atoms. The Morgan fingerprint density at radius 2 is 2.14 bits per heavy atom. The Kier molecular flexibility index (Phi) is 3.70. The zero-order chi connectivity index (χ0) is 10.8. The van der Waals surface area contributed by atoms with Gasteiger partial charge < -0.3 is 10.6 Å². The van der Waals surface area contributed by atoms with Gasteiger partial charge >= 0.3 is 0 Å². The summed E-state index contributed by atoms with van der Waals surface area (Å²) in [6.07, 6.45) is 0. The van der Waals surface area contributed by atoms with Crippen LogP contribution in [0, 0.1) is 0 Å². The lowest BCUT2D eigenvalue weighted by molar-refractivity contribution is 0.383. The van der Waals surface area contributed by atoms with Crippen molar-refractivity contribution in [3.8, 4) is 0 Å². The fourth-order valence-electron chi connectivity index (χ4n) is 1.56. The van der Waals surface area contributed by atoms with Crippen molar-refractivity contribution in [3.05, 3.63) is 0 Å². The van der Waals surface area contributed by atoms with E-state index in [1.807, 2.05) is 11.8 Å². The molecule has 1 aliphatic rings. The molecule has 0 bridgehead atoms. The molecule has 82 valence electrons. The third-order valence-corrected chi connectivity index (χ3v) is 3.44. The van der Waals surface area contributed by atoms with E-state index in [1.165, 1.54) is 0 Å². The molecule has 1 saturated heterocycles. The van der Waals surface area contributed by atoms with E-state index >= 15 is 0 Å². The van der Waals surface area contributed by atoms with Gasteiger partial charge in [0, 0.05) is 29.6 Å². The summed E-state index contributed by atoms with van der Waals surface area (Å²) in [6.45, 7) is 10.6. The summed E-state index contributed by atoms with van der Waals surface area (Å²) in [4.78, 5) is 6.57. The molecule has 0 saturated carbocycles. The van der Waals surface area contributed by atoms with Crippen LogP contribution in [0.4, 0.5) is 0 Å². The highest BCUT2D eigenvalue weighted by atomic mass is 32.2. The van der Waals surface area contributed by atoms with Crippen LogP contribution in [-0.2, 0) is 0 Å². The minimum Gasteiger partial charge on any atom is -0.370 e. The van der Waals surface area contributed by atoms with Crippen molar-refractivity contribution in [2.24, 2.45) is 10.7 Å². The molecule has 0 aromatic carbocycles. The average Bonchev–Trinajstić information content (AvgIpc) is 2.01. The van der Waals surface area contributed by atoms with Gasteiger partial charge in [0.15, 0.2) is 5.96 Å². The maximum Gasteiger partial charge on any atom is 0.191 e. The number of rotatable bonds is 1. The molecule has 0 aromatic rings. The van der Waals surface area contributed by atoms with Crippen LogP contribution in [0.2, 0.25) is 0 Å². The van der Waals surface area contributed by atoms with Gasteiger partial charge in [0.2, 0.25) is 0 Å². The van der Waals surface area contributed by atoms with Gasteiger partial charge in [0.05, 0.1) is 0 Å². The fourth-order valence-corrected chi connectivity index (χ4v) is 2.67. The van der Waals surface area contributed by atoms with Gasteiger partial charge in [-0.2, -0.15) is 11.8 Å². The van der Waals surface area contributed by atoms with Crippen molar-refractivity contribution in [2.45, 2.75) is 38.5 Å². The van der Waals surface area contributed by atoms with Crippen LogP contribution in [-0.4, -0.2) is 40.5 Å². The third-order valence-electron chi connectivity index (χ3n) is 2.14. The van der Waals surface area contributed by atoms with Crippen molar-refractivity contribution in [1.82, 2.24) is 4.90 Å². The summed E-state index contributed by atoms with van der Waals surface area (Å²) in [7, 11) is 0. The zero-order valence-corrected chi connectivity index (χ0v) is 10.4. The summed E-state index contributed by atoms with van der Waals surface area (Å²) in [5.74, 6) is 1.84. The highest BCUT2D eigenvalue weighted by Crippen LogP contribution is 2.29. The highest BCUT2D eigenvalue weighted by Gasteiger charge is 2.27. The van der Waals surface area contributed by atoms with Gasteiger partial charge in [0.1, 0.15) is 0 Å². The fraction of sp³-hybridized carbons (Fsp3) is 0.900. The second-order valence-corrected chi connectivity index (χ2v) is 6.41. The van der Waals surface area contributed by atoms with E-state index in [0.717, 1.165) is 18.8 Å². The molecule has 0 radical (unpaired) electrons. The van der Waals surface area contributed by atoms with Gasteiger partial charge in [-0.25, -0.2) is 0 Å². The first-order valence-electron chi connectivity index (χ1n) is 5.13. The van der Waals surface area contributed by atoms with Crippen LogP contribution < -0.4 is 5.73 Å². The van der Waals surface area contributed by atoms with E-state index in [9.17, 15) is 0 Å². The van der Waals surface area contributed by atoms with Crippen molar-refractivity contribution < 1.29 is 0 Å². The molecule has 3 nitrogen and oxygen atoms in total. The van der Waals surface area contributed by atoms with Gasteiger partial charge in [-0.05, 0) is 27.7 Å². The second-order valence-electron chi connectivity index (χ2n) is 4.61. The lowest BCUT2D eigenvalue weighted by Gasteiger charge is -2.38. The van der Waals surface area contributed by atoms with Crippen LogP contribution in [0.15, 0.2) is 4.99 Å². The van der Waals surface area contributed by atoms with Crippen molar-refractivity contribution >= 4 is 17.7 Å². The Morgan fingerprint density at radius 3 is 2.64 bits per heavy atom. The maximum atomic E-state index is 5.94. The third kappa shape index (κ3) is 3.40. The Bertz CT molecular complexity index is 223. The van der Waals surface area contributed by atoms with E-state index in [4.69, 9.17) is 5.73 Å². The molecule has 2 N–H and O–H groups in total. The monoisotopic (exact) mass is 215 g/mol. The largest absolute Gasteiger partial charge is 0.370 e. The summed E-state index contributed by atoms with van der Waals surface area (Å²) in [5.41, 5.74) is 5.94. The molecule has 1 aliphatic heterocycles. The molecular weight excluding hydrogens is 194 g/mol. The van der Waals surface area contributed by atoms with E-state index in [-0.39, 0.29) is 6.04 Å². The number of guanidine groups is 1. The lowest BCUT2D eigenvalue weighted by atomic mass is 10.2. The number of hydrogen-bond donors (Lipinski definition) is 1. The Balaban J connectivity index is 2.60. The molecule has 0 amide bonds. The quantitative estimate of drug-likeness (QED) is 0.533. The topological polar surface area (TPSA) is 41.6 Å². The van der Waals surface area contributed by atoms with Crippen LogP contribution in [0.5, 0.6) is 0 Å². The minimum absolute atomic E-state index is 0.285. The number of aliphatic imine (C=N–C) groups is 1. The van der Waals surface area contributed by atoms with Gasteiger partial charge in [0.25, 0.3) is 0 Å². The van der Waals surface area contributed by atoms with E-state index in [2.05, 4.69) is 37.6 Å².